The first kappa shape index (κ1) is 16.4. The minimum Gasteiger partial charge on any atom is -0.390 e. The molecule has 0 amide bonds. The van der Waals surface area contributed by atoms with Gasteiger partial charge in [0.2, 0.25) is 0 Å². The summed E-state index contributed by atoms with van der Waals surface area (Å²) in [6, 6.07) is 0. The van der Waals surface area contributed by atoms with Crippen molar-refractivity contribution in [3.63, 3.8) is 0 Å². The van der Waals surface area contributed by atoms with E-state index in [1.54, 1.807) is 6.55 Å². The van der Waals surface area contributed by atoms with Crippen molar-refractivity contribution >= 4 is 26.4 Å². The van der Waals surface area contributed by atoms with Crippen LogP contribution in [-0.2, 0) is 21.5 Å². The van der Waals surface area contributed by atoms with Crippen LogP contribution in [0.1, 0.15) is 0 Å². The zero-order valence-electron chi connectivity index (χ0n) is 10.4. The van der Waals surface area contributed by atoms with Crippen molar-refractivity contribution in [1.29, 1.82) is 0 Å². The highest BCUT2D eigenvalue weighted by atomic mass is 28.5. The van der Waals surface area contributed by atoms with Crippen LogP contribution in [0, 0.1) is 0 Å². The first-order valence-corrected chi connectivity index (χ1v) is 11.4. The lowest BCUT2D eigenvalue weighted by molar-refractivity contribution is 0.0986. The molecule has 0 aliphatic rings. The molecule has 0 spiro atoms. The maximum Gasteiger partial charge on any atom is 0.487 e. The maximum absolute atomic E-state index is 9.72. The van der Waals surface area contributed by atoms with Crippen LogP contribution in [0.25, 0.3) is 0 Å². The third-order valence-electron chi connectivity index (χ3n) is 1.88. The number of rotatable bonds is 7. The zero-order valence-corrected chi connectivity index (χ0v) is 13.4. The van der Waals surface area contributed by atoms with E-state index in [2.05, 4.69) is 0 Å². The molecule has 0 aromatic heterocycles. The van der Waals surface area contributed by atoms with Gasteiger partial charge in [-0.15, -0.1) is 0 Å². The Balaban J connectivity index is 4.67. The van der Waals surface area contributed by atoms with Crippen molar-refractivity contribution in [2.45, 2.75) is 19.6 Å². The summed E-state index contributed by atoms with van der Waals surface area (Å²) >= 11 is 0. The van der Waals surface area contributed by atoms with E-state index in [0.717, 1.165) is 0 Å². The van der Waals surface area contributed by atoms with Gasteiger partial charge in [0.15, 0.2) is 0 Å². The Morgan fingerprint density at radius 1 is 0.688 bits per heavy atom. The summed E-state index contributed by atoms with van der Waals surface area (Å²) in [5, 5.41) is 0. The van der Waals surface area contributed by atoms with Gasteiger partial charge in [0, 0.05) is 41.0 Å². The number of hydrogen-bond acceptors (Lipinski definition) is 7. The molecule has 0 aromatic rings. The molecule has 16 heavy (non-hydrogen) atoms. The molecule has 2 unspecified atom stereocenters. The van der Waals surface area contributed by atoms with Gasteiger partial charge in [0.25, 0.3) is 0 Å². The molecular formula is C6H20O7Si3. The molecule has 0 bridgehead atoms. The molecule has 0 saturated carbocycles. The summed E-state index contributed by atoms with van der Waals surface area (Å²) in [6.07, 6.45) is 0. The fourth-order valence-corrected chi connectivity index (χ4v) is 8.25. The van der Waals surface area contributed by atoms with E-state index in [1.165, 1.54) is 34.4 Å². The lowest BCUT2D eigenvalue weighted by Crippen LogP contribution is -2.59. The molecule has 0 heterocycles. The lowest BCUT2D eigenvalue weighted by atomic mass is 11.8. The van der Waals surface area contributed by atoms with E-state index in [4.69, 9.17) is 21.5 Å². The summed E-state index contributed by atoms with van der Waals surface area (Å²) in [5.41, 5.74) is 0. The topological polar surface area (TPSA) is 86.6 Å². The quantitative estimate of drug-likeness (QED) is 0.619. The molecule has 0 rings (SSSR count). The highest BCUT2D eigenvalue weighted by Crippen LogP contribution is 2.19. The molecule has 2 atom stereocenters. The molecule has 0 radical (unpaired) electrons. The Bertz CT molecular complexity index is 204. The van der Waals surface area contributed by atoms with E-state index in [9.17, 15) is 9.59 Å². The molecule has 0 saturated heterocycles. The van der Waals surface area contributed by atoms with Crippen LogP contribution in [0.4, 0.5) is 0 Å². The molecule has 0 aliphatic carbocycles. The SMILES string of the molecule is CO[Si](C)(O)O[Si](C)(OC)O[Si](C)(O)OC. The van der Waals surface area contributed by atoms with Crippen molar-refractivity contribution in [3.05, 3.63) is 0 Å². The predicted octanol–water partition coefficient (Wildman–Crippen LogP) is -0.351. The molecule has 0 aliphatic heterocycles. The van der Waals surface area contributed by atoms with Gasteiger partial charge in [0.05, 0.1) is 0 Å². The van der Waals surface area contributed by atoms with E-state index in [-0.39, 0.29) is 0 Å². The fraction of sp³-hybridized carbons (Fsp3) is 1.00. The Labute approximate surface area is 99.0 Å². The smallest absolute Gasteiger partial charge is 0.390 e. The van der Waals surface area contributed by atoms with Gasteiger partial charge >= 0.3 is 26.4 Å². The van der Waals surface area contributed by atoms with Crippen LogP contribution in [0.3, 0.4) is 0 Å². The minimum atomic E-state index is -3.28. The van der Waals surface area contributed by atoms with Gasteiger partial charge in [-0.2, -0.15) is 0 Å². The Kier molecular flexibility index (Phi) is 5.95. The normalized spacial score (nSPS) is 23.2. The average Bonchev–Trinajstić information content (AvgIpc) is 2.16. The standard InChI is InChI=1S/C6H20O7Si3/c1-9-14(4,7)12-16(6,11-3)13-15(5,8)10-2/h7-8H,1-6H3. The van der Waals surface area contributed by atoms with Crippen LogP contribution in [-0.4, -0.2) is 57.3 Å². The summed E-state index contributed by atoms with van der Waals surface area (Å²) in [4.78, 5) is 19.4. The van der Waals surface area contributed by atoms with Crippen molar-refractivity contribution in [3.8, 4) is 0 Å². The second kappa shape index (κ2) is 5.81. The number of hydrogen-bond donors (Lipinski definition) is 2. The van der Waals surface area contributed by atoms with Crippen LogP contribution in [0.15, 0.2) is 0 Å². The van der Waals surface area contributed by atoms with Crippen LogP contribution in [0.2, 0.25) is 19.6 Å². The average molecular weight is 288 g/mol. The highest BCUT2D eigenvalue weighted by Gasteiger charge is 2.50. The molecule has 2 N–H and O–H groups in total. The molecule has 98 valence electrons. The third kappa shape index (κ3) is 5.63. The van der Waals surface area contributed by atoms with Crippen molar-refractivity contribution in [2.75, 3.05) is 21.3 Å². The summed E-state index contributed by atoms with van der Waals surface area (Å²) in [7, 11) is -5.67. The molecular weight excluding hydrogens is 268 g/mol. The predicted molar refractivity (Wildman–Crippen MR) is 62.5 cm³/mol. The Morgan fingerprint density at radius 2 is 1.00 bits per heavy atom. The maximum atomic E-state index is 9.72. The molecule has 0 aromatic carbocycles. The van der Waals surface area contributed by atoms with Gasteiger partial charge in [-0.05, 0) is 0 Å². The second-order valence-electron chi connectivity index (χ2n) is 3.47. The van der Waals surface area contributed by atoms with Gasteiger partial charge in [0.1, 0.15) is 0 Å². The van der Waals surface area contributed by atoms with Gasteiger partial charge < -0.3 is 31.1 Å². The van der Waals surface area contributed by atoms with E-state index in [0.29, 0.717) is 0 Å². The third-order valence-corrected chi connectivity index (χ3v) is 10.1. The van der Waals surface area contributed by atoms with Crippen LogP contribution >= 0.6 is 0 Å². The fourth-order valence-electron chi connectivity index (χ4n) is 0.875. The first-order valence-electron chi connectivity index (χ1n) is 4.60. The largest absolute Gasteiger partial charge is 0.487 e. The van der Waals surface area contributed by atoms with Crippen molar-refractivity contribution < 1.29 is 31.1 Å². The minimum absolute atomic E-state index is 1.34. The molecule has 10 heteroatoms. The van der Waals surface area contributed by atoms with Gasteiger partial charge in [-0.3, -0.25) is 0 Å². The first-order chi connectivity index (χ1) is 7.10. The summed E-state index contributed by atoms with van der Waals surface area (Å²) < 4.78 is 25.4. The Hall–Kier alpha value is 0.371. The Morgan fingerprint density at radius 3 is 1.19 bits per heavy atom. The van der Waals surface area contributed by atoms with E-state index in [1.807, 2.05) is 0 Å². The van der Waals surface area contributed by atoms with Gasteiger partial charge in [-0.25, -0.2) is 0 Å². The van der Waals surface area contributed by atoms with Crippen LogP contribution < -0.4 is 0 Å². The van der Waals surface area contributed by atoms with Crippen LogP contribution in [0.5, 0.6) is 0 Å². The zero-order chi connectivity index (χ0) is 13.0. The monoisotopic (exact) mass is 288 g/mol. The summed E-state index contributed by atoms with van der Waals surface area (Å²) in [5.74, 6) is 0. The van der Waals surface area contributed by atoms with E-state index >= 15 is 0 Å². The lowest BCUT2D eigenvalue weighted by Gasteiger charge is -2.33. The molecule has 0 fully saturated rings. The summed E-state index contributed by atoms with van der Waals surface area (Å²) in [6.45, 7) is 4.42. The van der Waals surface area contributed by atoms with Crippen molar-refractivity contribution in [1.82, 2.24) is 0 Å². The van der Waals surface area contributed by atoms with E-state index < -0.39 is 26.4 Å². The van der Waals surface area contributed by atoms with Gasteiger partial charge in [-0.1, -0.05) is 0 Å². The highest BCUT2D eigenvalue weighted by molar-refractivity contribution is 6.78. The molecule has 7 nitrogen and oxygen atoms in total. The second-order valence-corrected chi connectivity index (χ2v) is 11.6. The van der Waals surface area contributed by atoms with Crippen molar-refractivity contribution in [2.24, 2.45) is 0 Å².